The Morgan fingerprint density at radius 1 is 1.17 bits per heavy atom. The summed E-state index contributed by atoms with van der Waals surface area (Å²) < 4.78 is 5.29. The van der Waals surface area contributed by atoms with Gasteiger partial charge in [-0.1, -0.05) is 51.5 Å². The third kappa shape index (κ3) is 7.97. The van der Waals surface area contributed by atoms with Gasteiger partial charge in [0, 0.05) is 16.7 Å². The molecular formula is C27H40BN3O4. The summed E-state index contributed by atoms with van der Waals surface area (Å²) in [6.07, 6.45) is 4.21. The van der Waals surface area contributed by atoms with E-state index in [0.29, 0.717) is 33.5 Å². The van der Waals surface area contributed by atoms with Crippen molar-refractivity contribution in [1.82, 2.24) is 15.7 Å². The highest BCUT2D eigenvalue weighted by Gasteiger charge is 2.31. The van der Waals surface area contributed by atoms with Crippen molar-refractivity contribution in [2.24, 2.45) is 0 Å². The lowest BCUT2D eigenvalue weighted by molar-refractivity contribution is 0.0358. The molecule has 0 radical (unpaired) electrons. The van der Waals surface area contributed by atoms with E-state index in [2.05, 4.69) is 31.1 Å². The standard InChI is InChI=1S/C23H30BN3O4.C4H10/c1-8-16-14-17(12-13-19(16)24(30)25-6)22(29)27(23(3,4)5)26-21(28)18-10-9-11-20(31-7)15(18)2;1-3-4-2/h8-14,25,30H,1H2,2-7H3,(H,26,28);3-4H2,1-2H3. The molecule has 2 aromatic carbocycles. The van der Waals surface area contributed by atoms with E-state index in [1.807, 2.05) is 20.8 Å². The van der Waals surface area contributed by atoms with Gasteiger partial charge in [-0.05, 0) is 70.0 Å². The number of methoxy groups -OCH3 is 1. The monoisotopic (exact) mass is 481 g/mol. The Kier molecular flexibility index (Phi) is 11.7. The molecule has 3 N–H and O–H groups in total. The average Bonchev–Trinajstić information content (AvgIpc) is 2.85. The number of carbonyl (C=O) groups excluding carboxylic acids is 2. The van der Waals surface area contributed by atoms with Crippen molar-refractivity contribution in [2.75, 3.05) is 14.2 Å². The fraction of sp³-hybridized carbons (Fsp3) is 0.407. The van der Waals surface area contributed by atoms with Crippen molar-refractivity contribution in [1.29, 1.82) is 0 Å². The van der Waals surface area contributed by atoms with E-state index in [-0.39, 0.29) is 5.91 Å². The number of hydrazine groups is 1. The molecular weight excluding hydrogens is 441 g/mol. The van der Waals surface area contributed by atoms with E-state index in [1.54, 1.807) is 63.6 Å². The van der Waals surface area contributed by atoms with Crippen molar-refractivity contribution in [3.63, 3.8) is 0 Å². The Balaban J connectivity index is 0.00000142. The average molecular weight is 481 g/mol. The normalized spacial score (nSPS) is 10.5. The number of rotatable bonds is 7. The highest BCUT2D eigenvalue weighted by atomic mass is 16.5. The molecule has 0 aliphatic heterocycles. The number of ether oxygens (including phenoxy) is 1. The van der Waals surface area contributed by atoms with E-state index in [9.17, 15) is 14.6 Å². The number of carbonyl (C=O) groups is 2. The summed E-state index contributed by atoms with van der Waals surface area (Å²) >= 11 is 0. The Bertz CT molecular complexity index is 1020. The van der Waals surface area contributed by atoms with Gasteiger partial charge in [0.15, 0.2) is 0 Å². The topological polar surface area (TPSA) is 90.9 Å². The van der Waals surface area contributed by atoms with Gasteiger partial charge in [0.05, 0.1) is 12.6 Å². The molecule has 0 unspecified atom stereocenters. The van der Waals surface area contributed by atoms with Crippen molar-refractivity contribution < 1.29 is 19.3 Å². The molecule has 0 saturated heterocycles. The number of amides is 2. The Hall–Kier alpha value is -3.10. The van der Waals surface area contributed by atoms with Crippen molar-refractivity contribution in [3.8, 4) is 5.75 Å². The maximum atomic E-state index is 13.4. The Morgan fingerprint density at radius 3 is 2.29 bits per heavy atom. The Morgan fingerprint density at radius 2 is 1.80 bits per heavy atom. The number of nitrogens with zero attached hydrogens (tertiary/aromatic N) is 1. The van der Waals surface area contributed by atoms with E-state index >= 15 is 0 Å². The molecule has 0 fully saturated rings. The largest absolute Gasteiger partial charge is 0.496 e. The van der Waals surface area contributed by atoms with Gasteiger partial charge < -0.3 is 15.0 Å². The molecule has 0 aliphatic carbocycles. The molecule has 0 atom stereocenters. The van der Waals surface area contributed by atoms with E-state index in [4.69, 9.17) is 4.74 Å². The zero-order valence-corrected chi connectivity index (χ0v) is 22.4. The number of nitrogens with one attached hydrogen (secondary N) is 2. The number of benzene rings is 2. The van der Waals surface area contributed by atoms with Crippen LogP contribution in [0.15, 0.2) is 43.0 Å². The lowest BCUT2D eigenvalue weighted by Gasteiger charge is -2.35. The summed E-state index contributed by atoms with van der Waals surface area (Å²) in [6.45, 7) is 15.4. The second-order valence-corrected chi connectivity index (χ2v) is 9.12. The number of hydrogen-bond acceptors (Lipinski definition) is 5. The molecule has 0 aromatic heterocycles. The van der Waals surface area contributed by atoms with Crippen LogP contribution in [0.3, 0.4) is 0 Å². The van der Waals surface area contributed by atoms with Crippen molar-refractivity contribution >= 4 is 30.4 Å². The minimum atomic E-state index is -0.883. The summed E-state index contributed by atoms with van der Waals surface area (Å²) in [4.78, 5) is 26.4. The molecule has 8 heteroatoms. The molecule has 0 heterocycles. The number of hydrogen-bond donors (Lipinski definition) is 3. The van der Waals surface area contributed by atoms with Crippen LogP contribution in [0, 0.1) is 6.92 Å². The third-order valence-electron chi connectivity index (χ3n) is 5.46. The predicted molar refractivity (Wildman–Crippen MR) is 145 cm³/mol. The fourth-order valence-electron chi connectivity index (χ4n) is 3.18. The van der Waals surface area contributed by atoms with Gasteiger partial charge >= 0.3 is 7.05 Å². The minimum Gasteiger partial charge on any atom is -0.496 e. The minimum absolute atomic E-state index is 0.361. The van der Waals surface area contributed by atoms with Crippen LogP contribution < -0.4 is 20.9 Å². The van der Waals surface area contributed by atoms with Crippen molar-refractivity contribution in [3.05, 3.63) is 65.2 Å². The van der Waals surface area contributed by atoms with Gasteiger partial charge in [-0.15, -0.1) is 0 Å². The van der Waals surface area contributed by atoms with Crippen molar-refractivity contribution in [2.45, 2.75) is 59.9 Å². The summed E-state index contributed by atoms with van der Waals surface area (Å²) in [5, 5.41) is 14.2. The summed E-state index contributed by atoms with van der Waals surface area (Å²) in [7, 11) is 2.29. The lowest BCUT2D eigenvalue weighted by atomic mass is 9.71. The molecule has 2 rings (SSSR count). The molecule has 0 saturated carbocycles. The zero-order chi connectivity index (χ0) is 26.8. The highest BCUT2D eigenvalue weighted by Crippen LogP contribution is 2.22. The molecule has 35 heavy (non-hydrogen) atoms. The third-order valence-corrected chi connectivity index (χ3v) is 5.46. The molecule has 0 spiro atoms. The molecule has 7 nitrogen and oxygen atoms in total. The second-order valence-electron chi connectivity index (χ2n) is 9.12. The first kappa shape index (κ1) is 29.9. The lowest BCUT2D eigenvalue weighted by Crippen LogP contribution is -2.56. The second kappa shape index (κ2) is 13.7. The van der Waals surface area contributed by atoms with Crippen LogP contribution in [0.25, 0.3) is 6.08 Å². The van der Waals surface area contributed by atoms with Crippen LogP contribution in [-0.4, -0.2) is 48.6 Å². The van der Waals surface area contributed by atoms with Gasteiger partial charge in [0.25, 0.3) is 11.8 Å². The van der Waals surface area contributed by atoms with Crippen LogP contribution >= 0.6 is 0 Å². The quantitative estimate of drug-likeness (QED) is 0.412. The molecule has 190 valence electrons. The van der Waals surface area contributed by atoms with Crippen LogP contribution in [-0.2, 0) is 0 Å². The van der Waals surface area contributed by atoms with Crippen LogP contribution in [0.1, 0.15) is 79.3 Å². The first-order valence-electron chi connectivity index (χ1n) is 11.9. The van der Waals surface area contributed by atoms with Gasteiger partial charge in [0.1, 0.15) is 5.75 Å². The van der Waals surface area contributed by atoms with Gasteiger partial charge in [-0.25, -0.2) is 5.01 Å². The van der Waals surface area contributed by atoms with Gasteiger partial charge in [0.2, 0.25) is 0 Å². The van der Waals surface area contributed by atoms with E-state index in [0.717, 1.165) is 0 Å². The first-order valence-corrected chi connectivity index (χ1v) is 11.9. The molecule has 0 aliphatic rings. The Labute approximate surface area is 210 Å². The first-order chi connectivity index (χ1) is 16.5. The van der Waals surface area contributed by atoms with Gasteiger partial charge in [-0.2, -0.15) is 0 Å². The molecule has 2 aromatic rings. The van der Waals surface area contributed by atoms with Crippen LogP contribution in [0.5, 0.6) is 5.75 Å². The van der Waals surface area contributed by atoms with E-state index in [1.165, 1.54) is 17.9 Å². The van der Waals surface area contributed by atoms with E-state index < -0.39 is 18.5 Å². The fourth-order valence-corrected chi connectivity index (χ4v) is 3.18. The summed E-state index contributed by atoms with van der Waals surface area (Å²) in [5.74, 6) is -0.198. The number of unbranched alkanes of at least 4 members (excludes halogenated alkanes) is 1. The van der Waals surface area contributed by atoms with Gasteiger partial charge in [-0.3, -0.25) is 15.0 Å². The van der Waals surface area contributed by atoms with Crippen LogP contribution in [0.2, 0.25) is 0 Å². The molecule has 0 bridgehead atoms. The van der Waals surface area contributed by atoms with Crippen LogP contribution in [0.4, 0.5) is 0 Å². The maximum absolute atomic E-state index is 13.4. The zero-order valence-electron chi connectivity index (χ0n) is 22.4. The predicted octanol–water partition coefficient (Wildman–Crippen LogP) is 3.95. The highest BCUT2D eigenvalue weighted by molar-refractivity contribution is 6.64. The molecule has 2 amide bonds. The summed E-state index contributed by atoms with van der Waals surface area (Å²) in [5.41, 5.74) is 4.74. The maximum Gasteiger partial charge on any atom is 0.413 e. The summed E-state index contributed by atoms with van der Waals surface area (Å²) in [6, 6.07) is 10.1. The smallest absolute Gasteiger partial charge is 0.413 e. The SMILES string of the molecule is C=Cc1cc(C(=O)N(NC(=O)c2cccc(OC)c2C)C(C)(C)C)ccc1B(O)NC.CCCC.